The van der Waals surface area contributed by atoms with Crippen LogP contribution in [0.3, 0.4) is 0 Å². The Kier molecular flexibility index (Phi) is 5.38. The molecule has 0 aromatic heterocycles. The molecule has 0 aliphatic heterocycles. The number of methoxy groups -OCH3 is 2. The zero-order valence-electron chi connectivity index (χ0n) is 10.4. The Bertz CT molecular complexity index is 579. The van der Waals surface area contributed by atoms with Gasteiger partial charge in [-0.3, -0.25) is 0 Å². The highest BCUT2D eigenvalue weighted by Crippen LogP contribution is 2.14. The van der Waals surface area contributed by atoms with Crippen LogP contribution < -0.4 is 4.72 Å². The summed E-state index contributed by atoms with van der Waals surface area (Å²) in [6.45, 7) is -0.103. The monoisotopic (exact) mass is 288 g/mol. The van der Waals surface area contributed by atoms with Crippen molar-refractivity contribution >= 4 is 10.0 Å². The second kappa shape index (κ2) is 6.58. The Labute approximate surface area is 110 Å². The van der Waals surface area contributed by atoms with Crippen LogP contribution in [0.25, 0.3) is 0 Å². The van der Waals surface area contributed by atoms with E-state index in [4.69, 9.17) is 14.7 Å². The minimum absolute atomic E-state index is 0.103. The summed E-state index contributed by atoms with van der Waals surface area (Å²) in [7, 11) is -1.11. The average molecular weight is 288 g/mol. The normalized spacial score (nSPS) is 11.5. The molecule has 1 rings (SSSR count). The zero-order valence-corrected chi connectivity index (χ0v) is 11.2. The summed E-state index contributed by atoms with van der Waals surface area (Å²) in [5.41, 5.74) is -0.335. The van der Waals surface area contributed by atoms with Crippen molar-refractivity contribution in [2.75, 3.05) is 20.8 Å². The lowest BCUT2D eigenvalue weighted by Crippen LogP contribution is -2.34. The van der Waals surface area contributed by atoms with Crippen molar-refractivity contribution in [2.45, 2.75) is 11.2 Å². The molecule has 0 heterocycles. The van der Waals surface area contributed by atoms with Gasteiger partial charge in [0, 0.05) is 14.2 Å². The standard InChI is InChI=1S/C11H13FN2O4S/c1-17-11(18-2)7-14-19(15,16)9-3-4-10(12)8(5-9)6-13/h3-5,11,14H,7H2,1-2H3. The van der Waals surface area contributed by atoms with Gasteiger partial charge in [0.15, 0.2) is 6.29 Å². The lowest BCUT2D eigenvalue weighted by Gasteiger charge is -2.14. The van der Waals surface area contributed by atoms with E-state index >= 15 is 0 Å². The molecule has 0 fully saturated rings. The highest BCUT2D eigenvalue weighted by molar-refractivity contribution is 7.89. The van der Waals surface area contributed by atoms with E-state index < -0.39 is 22.1 Å². The number of sulfonamides is 1. The summed E-state index contributed by atoms with van der Waals surface area (Å²) in [6, 6.07) is 4.55. The molecule has 1 aromatic carbocycles. The van der Waals surface area contributed by atoms with Crippen molar-refractivity contribution in [3.63, 3.8) is 0 Å². The van der Waals surface area contributed by atoms with Gasteiger partial charge in [0.1, 0.15) is 11.9 Å². The van der Waals surface area contributed by atoms with E-state index in [2.05, 4.69) is 4.72 Å². The highest BCUT2D eigenvalue weighted by atomic mass is 32.2. The molecule has 0 bridgehead atoms. The molecule has 0 aliphatic carbocycles. The van der Waals surface area contributed by atoms with Crippen molar-refractivity contribution in [3.05, 3.63) is 29.6 Å². The maximum atomic E-state index is 13.1. The summed E-state index contributed by atoms with van der Waals surface area (Å²) in [5, 5.41) is 8.66. The number of hydrogen-bond donors (Lipinski definition) is 1. The van der Waals surface area contributed by atoms with E-state index in [0.29, 0.717) is 0 Å². The summed E-state index contributed by atoms with van der Waals surface area (Å²) in [5.74, 6) is -0.770. The first kappa shape index (κ1) is 15.5. The summed E-state index contributed by atoms with van der Waals surface area (Å²) in [4.78, 5) is -0.198. The molecule has 0 radical (unpaired) electrons. The van der Waals surface area contributed by atoms with Crippen molar-refractivity contribution in [2.24, 2.45) is 0 Å². The van der Waals surface area contributed by atoms with Crippen molar-refractivity contribution in [1.82, 2.24) is 4.72 Å². The van der Waals surface area contributed by atoms with Gasteiger partial charge >= 0.3 is 0 Å². The molecule has 0 unspecified atom stereocenters. The average Bonchev–Trinajstić information content (AvgIpc) is 2.40. The van der Waals surface area contributed by atoms with Gasteiger partial charge in [-0.1, -0.05) is 0 Å². The summed E-state index contributed by atoms with van der Waals surface area (Å²) in [6.07, 6.45) is -0.731. The fourth-order valence-corrected chi connectivity index (χ4v) is 2.32. The molecule has 1 aromatic rings. The van der Waals surface area contributed by atoms with Gasteiger partial charge in [0.2, 0.25) is 10.0 Å². The minimum Gasteiger partial charge on any atom is -0.355 e. The second-order valence-electron chi connectivity index (χ2n) is 3.51. The van der Waals surface area contributed by atoms with Gasteiger partial charge in [-0.2, -0.15) is 5.26 Å². The number of rotatable bonds is 6. The van der Waals surface area contributed by atoms with Gasteiger partial charge in [0.25, 0.3) is 0 Å². The third-order valence-electron chi connectivity index (χ3n) is 2.33. The van der Waals surface area contributed by atoms with Gasteiger partial charge < -0.3 is 9.47 Å². The van der Waals surface area contributed by atoms with E-state index in [1.165, 1.54) is 14.2 Å². The fourth-order valence-electron chi connectivity index (χ4n) is 1.28. The van der Waals surface area contributed by atoms with Gasteiger partial charge in [-0.15, -0.1) is 0 Å². The first-order valence-electron chi connectivity index (χ1n) is 5.19. The smallest absolute Gasteiger partial charge is 0.240 e. The van der Waals surface area contributed by atoms with Crippen molar-refractivity contribution in [1.29, 1.82) is 5.26 Å². The van der Waals surface area contributed by atoms with E-state index in [9.17, 15) is 12.8 Å². The van der Waals surface area contributed by atoms with Crippen LogP contribution in [0.2, 0.25) is 0 Å². The quantitative estimate of drug-likeness (QED) is 0.774. The molecule has 0 saturated carbocycles. The maximum absolute atomic E-state index is 13.1. The summed E-state index contributed by atoms with van der Waals surface area (Å²) >= 11 is 0. The topological polar surface area (TPSA) is 88.4 Å². The Morgan fingerprint density at radius 3 is 2.58 bits per heavy atom. The summed E-state index contributed by atoms with van der Waals surface area (Å²) < 4.78 is 48.8. The number of nitrogens with one attached hydrogen (secondary N) is 1. The first-order valence-corrected chi connectivity index (χ1v) is 6.68. The third kappa shape index (κ3) is 3.97. The van der Waals surface area contributed by atoms with E-state index in [0.717, 1.165) is 18.2 Å². The van der Waals surface area contributed by atoms with Crippen LogP contribution in [0.1, 0.15) is 5.56 Å². The SMILES string of the molecule is COC(CNS(=O)(=O)c1ccc(F)c(C#N)c1)OC. The molecule has 19 heavy (non-hydrogen) atoms. The molecule has 0 amide bonds. The predicted octanol–water partition coefficient (Wildman–Crippen LogP) is 0.595. The molecule has 0 saturated heterocycles. The van der Waals surface area contributed by atoms with Crippen LogP contribution in [0.5, 0.6) is 0 Å². The molecule has 0 aliphatic rings. The third-order valence-corrected chi connectivity index (χ3v) is 3.76. The molecule has 0 atom stereocenters. The Balaban J connectivity index is 2.92. The van der Waals surface area contributed by atoms with Crippen LogP contribution in [0.15, 0.2) is 23.1 Å². The zero-order chi connectivity index (χ0) is 14.5. The van der Waals surface area contributed by atoms with E-state index in [-0.39, 0.29) is 17.0 Å². The van der Waals surface area contributed by atoms with Gasteiger partial charge in [-0.05, 0) is 18.2 Å². The Morgan fingerprint density at radius 1 is 1.42 bits per heavy atom. The maximum Gasteiger partial charge on any atom is 0.240 e. The highest BCUT2D eigenvalue weighted by Gasteiger charge is 2.18. The van der Waals surface area contributed by atoms with Gasteiger partial charge in [0.05, 0.1) is 17.0 Å². The molecule has 0 spiro atoms. The van der Waals surface area contributed by atoms with E-state index in [1.54, 1.807) is 6.07 Å². The molecule has 6 nitrogen and oxygen atoms in total. The van der Waals surface area contributed by atoms with Crippen LogP contribution >= 0.6 is 0 Å². The van der Waals surface area contributed by atoms with Gasteiger partial charge in [-0.25, -0.2) is 17.5 Å². The number of nitrogens with zero attached hydrogens (tertiary/aromatic N) is 1. The number of nitriles is 1. The predicted molar refractivity (Wildman–Crippen MR) is 64.1 cm³/mol. The molecule has 8 heteroatoms. The molecular weight excluding hydrogens is 275 g/mol. The number of halogens is 1. The van der Waals surface area contributed by atoms with Crippen molar-refractivity contribution < 1.29 is 22.3 Å². The second-order valence-corrected chi connectivity index (χ2v) is 5.27. The molecule has 1 N–H and O–H groups in total. The lowest BCUT2D eigenvalue weighted by atomic mass is 10.2. The minimum atomic E-state index is -3.85. The van der Waals surface area contributed by atoms with E-state index in [1.807, 2.05) is 0 Å². The van der Waals surface area contributed by atoms with Crippen LogP contribution in [-0.4, -0.2) is 35.5 Å². The number of hydrogen-bond acceptors (Lipinski definition) is 5. The first-order chi connectivity index (χ1) is 8.94. The Morgan fingerprint density at radius 2 is 2.05 bits per heavy atom. The lowest BCUT2D eigenvalue weighted by molar-refractivity contribution is -0.0960. The van der Waals surface area contributed by atoms with Crippen LogP contribution in [-0.2, 0) is 19.5 Å². The van der Waals surface area contributed by atoms with Crippen LogP contribution in [0, 0.1) is 17.1 Å². The van der Waals surface area contributed by atoms with Crippen LogP contribution in [0.4, 0.5) is 4.39 Å². The van der Waals surface area contributed by atoms with Crippen molar-refractivity contribution in [3.8, 4) is 6.07 Å². The Hall–Kier alpha value is -1.53. The number of benzene rings is 1. The largest absolute Gasteiger partial charge is 0.355 e. The molecular formula is C11H13FN2O4S. The number of ether oxygens (including phenoxy) is 2. The fraction of sp³-hybridized carbons (Fsp3) is 0.364. The molecule has 104 valence electrons.